The van der Waals surface area contributed by atoms with Gasteiger partial charge in [0, 0.05) is 13.1 Å². The minimum Gasteiger partial charge on any atom is -0.481 e. The molecule has 0 bridgehead atoms. The van der Waals surface area contributed by atoms with Crippen molar-refractivity contribution in [1.82, 2.24) is 10.6 Å². The molecule has 1 saturated heterocycles. The van der Waals surface area contributed by atoms with Gasteiger partial charge in [-0.25, -0.2) is 4.79 Å². The molecule has 0 radical (unpaired) electrons. The molecule has 5 nitrogen and oxygen atoms in total. The molecule has 1 rings (SSSR count). The van der Waals surface area contributed by atoms with E-state index >= 15 is 0 Å². The van der Waals surface area contributed by atoms with Gasteiger partial charge in [0.05, 0.1) is 6.42 Å². The first-order valence-corrected chi connectivity index (χ1v) is 6.65. The van der Waals surface area contributed by atoms with E-state index in [1.165, 1.54) is 11.5 Å². The average Bonchev–Trinajstić information content (AvgIpc) is 2.27. The molecule has 0 aliphatic carbocycles. The number of thioether (sulfide) groups is 1. The van der Waals surface area contributed by atoms with Crippen molar-refractivity contribution >= 4 is 23.8 Å². The number of amides is 2. The maximum Gasteiger partial charge on any atom is 0.314 e. The molecule has 1 aliphatic heterocycles. The summed E-state index contributed by atoms with van der Waals surface area (Å²) in [6.07, 6.45) is 2.27. The average molecular weight is 246 g/mol. The van der Waals surface area contributed by atoms with Gasteiger partial charge in [0.2, 0.25) is 0 Å². The van der Waals surface area contributed by atoms with Gasteiger partial charge in [0.1, 0.15) is 0 Å². The second kappa shape index (κ2) is 7.38. The molecule has 1 aliphatic rings. The summed E-state index contributed by atoms with van der Waals surface area (Å²) >= 11 is 1.96. The van der Waals surface area contributed by atoms with E-state index < -0.39 is 5.97 Å². The molecule has 1 heterocycles. The maximum atomic E-state index is 11.2. The number of nitrogens with one attached hydrogen (secondary N) is 2. The topological polar surface area (TPSA) is 78.4 Å². The Morgan fingerprint density at radius 2 is 1.94 bits per heavy atom. The Kier molecular flexibility index (Phi) is 6.07. The minimum absolute atomic E-state index is 0.0342. The highest BCUT2D eigenvalue weighted by Crippen LogP contribution is 2.21. The molecule has 0 aromatic heterocycles. The Morgan fingerprint density at radius 3 is 2.56 bits per heavy atom. The third-order valence-corrected chi connectivity index (χ3v) is 3.57. The molecule has 0 aromatic carbocycles. The summed E-state index contributed by atoms with van der Waals surface area (Å²) in [4.78, 5) is 21.5. The minimum atomic E-state index is -0.899. The smallest absolute Gasteiger partial charge is 0.314 e. The monoisotopic (exact) mass is 246 g/mol. The summed E-state index contributed by atoms with van der Waals surface area (Å²) in [5, 5.41) is 13.7. The summed E-state index contributed by atoms with van der Waals surface area (Å²) in [5.41, 5.74) is 0. The lowest BCUT2D eigenvalue weighted by atomic mass is 10.0. The number of carbonyl (C=O) groups is 2. The van der Waals surface area contributed by atoms with Gasteiger partial charge in [-0.05, 0) is 30.3 Å². The molecule has 92 valence electrons. The highest BCUT2D eigenvalue weighted by molar-refractivity contribution is 7.99. The number of carboxylic acids is 1. The van der Waals surface area contributed by atoms with Crippen LogP contribution in [-0.4, -0.2) is 41.7 Å². The van der Waals surface area contributed by atoms with Gasteiger partial charge in [0.15, 0.2) is 0 Å². The normalized spacial score (nSPS) is 16.8. The van der Waals surface area contributed by atoms with Crippen LogP contribution < -0.4 is 10.6 Å². The largest absolute Gasteiger partial charge is 0.481 e. The second-order valence-corrected chi connectivity index (χ2v) is 5.06. The van der Waals surface area contributed by atoms with Gasteiger partial charge >= 0.3 is 12.0 Å². The number of aliphatic carboxylic acids is 1. The molecule has 0 saturated carbocycles. The van der Waals surface area contributed by atoms with Gasteiger partial charge in [-0.1, -0.05) is 0 Å². The van der Waals surface area contributed by atoms with Crippen LogP contribution in [0.5, 0.6) is 0 Å². The first-order chi connectivity index (χ1) is 7.68. The number of carboxylic acid groups (broad SMARTS) is 1. The van der Waals surface area contributed by atoms with Gasteiger partial charge < -0.3 is 15.7 Å². The number of carbonyl (C=O) groups excluding carboxylic acids is 1. The van der Waals surface area contributed by atoms with E-state index in [0.29, 0.717) is 12.5 Å². The lowest BCUT2D eigenvalue weighted by Crippen LogP contribution is -2.39. The van der Waals surface area contributed by atoms with Crippen LogP contribution in [0.2, 0.25) is 0 Å². The van der Waals surface area contributed by atoms with Crippen LogP contribution in [0.1, 0.15) is 19.3 Å². The first-order valence-electron chi connectivity index (χ1n) is 5.49. The Balaban J connectivity index is 2.02. The number of hydrogen-bond acceptors (Lipinski definition) is 3. The van der Waals surface area contributed by atoms with Crippen molar-refractivity contribution in [3.8, 4) is 0 Å². The van der Waals surface area contributed by atoms with E-state index in [4.69, 9.17) is 5.11 Å². The molecule has 0 unspecified atom stereocenters. The molecule has 6 heteroatoms. The van der Waals surface area contributed by atoms with E-state index in [2.05, 4.69) is 10.6 Å². The van der Waals surface area contributed by atoms with E-state index in [0.717, 1.165) is 12.8 Å². The van der Waals surface area contributed by atoms with Crippen LogP contribution >= 0.6 is 11.8 Å². The summed E-state index contributed by atoms with van der Waals surface area (Å²) in [6, 6.07) is -0.264. The van der Waals surface area contributed by atoms with Crippen molar-refractivity contribution in [3.05, 3.63) is 0 Å². The summed E-state index contributed by atoms with van der Waals surface area (Å²) in [6.45, 7) is 0.876. The predicted octanol–water partition coefficient (Wildman–Crippen LogP) is 0.903. The fraction of sp³-hybridized carbons (Fsp3) is 0.800. The van der Waals surface area contributed by atoms with Crippen LogP contribution in [0.15, 0.2) is 0 Å². The Hall–Kier alpha value is -0.910. The molecule has 0 aromatic rings. The molecule has 1 fully saturated rings. The van der Waals surface area contributed by atoms with Crippen molar-refractivity contribution in [2.24, 2.45) is 5.92 Å². The zero-order chi connectivity index (χ0) is 11.8. The summed E-state index contributed by atoms with van der Waals surface area (Å²) in [7, 11) is 0. The van der Waals surface area contributed by atoms with Crippen molar-refractivity contribution in [2.45, 2.75) is 19.3 Å². The van der Waals surface area contributed by atoms with Crippen molar-refractivity contribution in [3.63, 3.8) is 0 Å². The van der Waals surface area contributed by atoms with Crippen molar-refractivity contribution in [1.29, 1.82) is 0 Å². The lowest BCUT2D eigenvalue weighted by Gasteiger charge is -2.21. The highest BCUT2D eigenvalue weighted by atomic mass is 32.2. The Morgan fingerprint density at radius 1 is 1.25 bits per heavy atom. The molecule has 0 spiro atoms. The van der Waals surface area contributed by atoms with E-state index in [-0.39, 0.29) is 19.0 Å². The second-order valence-electron chi connectivity index (χ2n) is 3.84. The summed E-state index contributed by atoms with van der Waals surface area (Å²) < 4.78 is 0. The first kappa shape index (κ1) is 13.2. The van der Waals surface area contributed by atoms with Gasteiger partial charge in [-0.15, -0.1) is 0 Å². The zero-order valence-electron chi connectivity index (χ0n) is 9.20. The fourth-order valence-electron chi connectivity index (χ4n) is 1.53. The standard InChI is InChI=1S/C10H18N2O3S/c13-9(14)1-4-11-10(15)12-7-8-2-5-16-6-3-8/h8H,1-7H2,(H,13,14)(H2,11,12,15). The van der Waals surface area contributed by atoms with Gasteiger partial charge in [0.25, 0.3) is 0 Å². The highest BCUT2D eigenvalue weighted by Gasteiger charge is 2.14. The van der Waals surface area contributed by atoms with Crippen molar-refractivity contribution < 1.29 is 14.7 Å². The Labute approximate surface area is 99.4 Å². The lowest BCUT2D eigenvalue weighted by molar-refractivity contribution is -0.136. The van der Waals surface area contributed by atoms with Crippen LogP contribution in [0.3, 0.4) is 0 Å². The molecule has 0 atom stereocenters. The Bertz CT molecular complexity index is 242. The molecule has 3 N–H and O–H groups in total. The van der Waals surface area contributed by atoms with Crippen molar-refractivity contribution in [2.75, 3.05) is 24.6 Å². The quantitative estimate of drug-likeness (QED) is 0.673. The number of hydrogen-bond donors (Lipinski definition) is 3. The molecular formula is C10H18N2O3S. The van der Waals surface area contributed by atoms with Crippen LogP contribution in [-0.2, 0) is 4.79 Å². The summed E-state index contributed by atoms with van der Waals surface area (Å²) in [5.74, 6) is 2.02. The fourth-order valence-corrected chi connectivity index (χ4v) is 2.74. The van der Waals surface area contributed by atoms with E-state index in [1.54, 1.807) is 0 Å². The number of urea groups is 1. The van der Waals surface area contributed by atoms with Gasteiger partial charge in [-0.2, -0.15) is 11.8 Å². The third kappa shape index (κ3) is 5.85. The van der Waals surface area contributed by atoms with Crippen LogP contribution in [0, 0.1) is 5.92 Å². The van der Waals surface area contributed by atoms with Crippen LogP contribution in [0.25, 0.3) is 0 Å². The molecule has 2 amide bonds. The maximum absolute atomic E-state index is 11.2. The number of rotatable bonds is 5. The third-order valence-electron chi connectivity index (χ3n) is 2.52. The van der Waals surface area contributed by atoms with E-state index in [1.807, 2.05) is 11.8 Å². The molecular weight excluding hydrogens is 228 g/mol. The zero-order valence-corrected chi connectivity index (χ0v) is 10.0. The van der Waals surface area contributed by atoms with Gasteiger partial charge in [-0.3, -0.25) is 4.79 Å². The SMILES string of the molecule is O=C(O)CCNC(=O)NCC1CCSCC1. The molecule has 16 heavy (non-hydrogen) atoms. The van der Waals surface area contributed by atoms with E-state index in [9.17, 15) is 9.59 Å². The predicted molar refractivity (Wildman–Crippen MR) is 63.7 cm³/mol. The van der Waals surface area contributed by atoms with Crippen LogP contribution in [0.4, 0.5) is 4.79 Å².